The summed E-state index contributed by atoms with van der Waals surface area (Å²) in [5, 5.41) is 0. The molecule has 0 aromatic heterocycles. The van der Waals surface area contributed by atoms with Gasteiger partial charge < -0.3 is 14.0 Å². The van der Waals surface area contributed by atoms with Gasteiger partial charge in [0.05, 0.1) is 17.8 Å². The highest BCUT2D eigenvalue weighted by Crippen LogP contribution is 2.44. The Morgan fingerprint density at radius 3 is 2.21 bits per heavy atom. The number of rotatable bonds is 4. The van der Waals surface area contributed by atoms with Crippen LogP contribution in [0.5, 0.6) is 0 Å². The molecular weight excluding hydrogens is 243 g/mol. The van der Waals surface area contributed by atoms with Gasteiger partial charge in [0.15, 0.2) is 0 Å². The molecule has 0 N–H and O–H groups in total. The second-order valence-corrected chi connectivity index (χ2v) is 6.26. The normalized spacial score (nSPS) is 25.5. The molecule has 0 bridgehead atoms. The van der Waals surface area contributed by atoms with Crippen LogP contribution in [0.15, 0.2) is 11.5 Å². The monoisotopic (exact) mass is 266 g/mol. The molecule has 2 fully saturated rings. The minimum atomic E-state index is -0.429. The highest BCUT2D eigenvalue weighted by Gasteiger charge is 2.54. The number of allylic oxidation sites excluding steroid dienone is 1. The van der Waals surface area contributed by atoms with Gasteiger partial charge in [0.25, 0.3) is 0 Å². The smallest absolute Gasteiger partial charge is 0.463 e. The summed E-state index contributed by atoms with van der Waals surface area (Å²) < 4.78 is 17.0. The average molecular weight is 266 g/mol. The van der Waals surface area contributed by atoms with Gasteiger partial charge in [-0.05, 0) is 58.9 Å². The van der Waals surface area contributed by atoms with E-state index in [0.717, 1.165) is 18.3 Å². The van der Waals surface area contributed by atoms with Gasteiger partial charge in [-0.2, -0.15) is 0 Å². The molecule has 0 aromatic carbocycles. The molecule has 0 radical (unpaired) electrons. The van der Waals surface area contributed by atoms with Gasteiger partial charge in [-0.3, -0.25) is 0 Å². The van der Waals surface area contributed by atoms with Crippen molar-refractivity contribution in [1.29, 1.82) is 0 Å². The van der Waals surface area contributed by atoms with Crippen molar-refractivity contribution in [1.82, 2.24) is 0 Å². The van der Waals surface area contributed by atoms with Gasteiger partial charge in [-0.15, -0.1) is 0 Å². The molecule has 0 spiro atoms. The van der Waals surface area contributed by atoms with Crippen LogP contribution < -0.4 is 0 Å². The van der Waals surface area contributed by atoms with Crippen molar-refractivity contribution < 1.29 is 18.8 Å². The summed E-state index contributed by atoms with van der Waals surface area (Å²) in [5.41, 5.74) is 0.178. The first-order valence-corrected chi connectivity index (χ1v) is 7.00. The summed E-state index contributed by atoms with van der Waals surface area (Å²) in [6.45, 7) is 10.3. The Hall–Kier alpha value is -0.805. The van der Waals surface area contributed by atoms with Crippen molar-refractivity contribution in [2.75, 3.05) is 6.61 Å². The Morgan fingerprint density at radius 1 is 1.26 bits per heavy atom. The van der Waals surface area contributed by atoms with Crippen molar-refractivity contribution in [3.05, 3.63) is 11.5 Å². The highest BCUT2D eigenvalue weighted by atomic mass is 16.7. The molecule has 19 heavy (non-hydrogen) atoms. The first-order valence-electron chi connectivity index (χ1n) is 7.00. The van der Waals surface area contributed by atoms with Gasteiger partial charge in [-0.1, -0.05) is 0 Å². The summed E-state index contributed by atoms with van der Waals surface area (Å²) in [7, 11) is -0.429. The number of hydrogen-bond acceptors (Lipinski definition) is 4. The zero-order chi connectivity index (χ0) is 14.3. The summed E-state index contributed by atoms with van der Waals surface area (Å²) >= 11 is 0. The van der Waals surface area contributed by atoms with Crippen LogP contribution in [0.2, 0.25) is 0 Å². The van der Waals surface area contributed by atoms with E-state index >= 15 is 0 Å². The molecule has 1 aliphatic carbocycles. The van der Waals surface area contributed by atoms with Gasteiger partial charge in [0, 0.05) is 6.08 Å². The molecule has 2 rings (SSSR count). The van der Waals surface area contributed by atoms with E-state index in [1.165, 1.54) is 0 Å². The largest absolute Gasteiger partial charge is 0.491 e. The third-order valence-electron chi connectivity index (χ3n) is 4.15. The van der Waals surface area contributed by atoms with Crippen LogP contribution in [0, 0.1) is 5.92 Å². The maximum absolute atomic E-state index is 11.7. The topological polar surface area (TPSA) is 44.8 Å². The minimum absolute atomic E-state index is 0.306. The number of esters is 1. The van der Waals surface area contributed by atoms with Crippen LogP contribution in [0.1, 0.15) is 47.5 Å². The molecule has 5 heteroatoms. The van der Waals surface area contributed by atoms with Crippen molar-refractivity contribution in [2.45, 2.75) is 58.7 Å². The summed E-state index contributed by atoms with van der Waals surface area (Å²) in [6.07, 6.45) is 3.74. The molecule has 106 valence electrons. The lowest BCUT2D eigenvalue weighted by atomic mass is 9.75. The molecule has 0 amide bonds. The van der Waals surface area contributed by atoms with Gasteiger partial charge in [-0.25, -0.2) is 4.79 Å². The quantitative estimate of drug-likeness (QED) is 0.445. The SMILES string of the molecule is CCOC(=O)/C=C(\B1OC(C)(C)C(C)(C)O1)C1CC1. The van der Waals surface area contributed by atoms with E-state index in [1.54, 1.807) is 13.0 Å². The molecule has 0 unspecified atom stereocenters. The van der Waals surface area contributed by atoms with Crippen LogP contribution in [0.25, 0.3) is 0 Å². The number of ether oxygens (including phenoxy) is 1. The van der Waals surface area contributed by atoms with Crippen LogP contribution in [0.4, 0.5) is 0 Å². The molecule has 4 nitrogen and oxygen atoms in total. The standard InChI is InChI=1S/C14H23BO4/c1-6-17-12(16)9-11(10-7-8-10)15-18-13(2,3)14(4,5)19-15/h9-10H,6-8H2,1-5H3/b11-9-. The Kier molecular flexibility index (Phi) is 3.80. The van der Waals surface area contributed by atoms with Crippen LogP contribution >= 0.6 is 0 Å². The molecule has 0 aromatic rings. The average Bonchev–Trinajstić information content (AvgIpc) is 3.04. The van der Waals surface area contributed by atoms with Gasteiger partial charge in [0.1, 0.15) is 0 Å². The zero-order valence-corrected chi connectivity index (χ0v) is 12.5. The number of carbonyl (C=O) groups is 1. The fraction of sp³-hybridized carbons (Fsp3) is 0.786. The summed E-state index contributed by atoms with van der Waals surface area (Å²) in [5.74, 6) is 0.0956. The Morgan fingerprint density at radius 2 is 1.79 bits per heavy atom. The van der Waals surface area contributed by atoms with E-state index in [1.807, 2.05) is 27.7 Å². The number of hydrogen-bond donors (Lipinski definition) is 0. The van der Waals surface area contributed by atoms with Crippen LogP contribution in [-0.4, -0.2) is 30.9 Å². The maximum Gasteiger partial charge on any atom is 0.491 e. The first kappa shape index (κ1) is 14.6. The van der Waals surface area contributed by atoms with Crippen LogP contribution in [-0.2, 0) is 18.8 Å². The van der Waals surface area contributed by atoms with Crippen molar-refractivity contribution in [3.8, 4) is 0 Å². The Balaban J connectivity index is 2.16. The van der Waals surface area contributed by atoms with Gasteiger partial charge in [0.2, 0.25) is 0 Å². The fourth-order valence-electron chi connectivity index (χ4n) is 2.09. The predicted octanol–water partition coefficient (Wildman–Crippen LogP) is 2.52. The molecular formula is C14H23BO4. The maximum atomic E-state index is 11.7. The fourth-order valence-corrected chi connectivity index (χ4v) is 2.09. The number of carbonyl (C=O) groups excluding carboxylic acids is 1. The summed E-state index contributed by atoms with van der Waals surface area (Å²) in [4.78, 5) is 11.7. The van der Waals surface area contributed by atoms with Crippen LogP contribution in [0.3, 0.4) is 0 Å². The van der Waals surface area contributed by atoms with E-state index < -0.39 is 7.12 Å². The zero-order valence-electron chi connectivity index (χ0n) is 12.5. The lowest BCUT2D eigenvalue weighted by Gasteiger charge is -2.32. The molecule has 1 heterocycles. The third-order valence-corrected chi connectivity index (χ3v) is 4.15. The Bertz CT molecular complexity index is 380. The second-order valence-electron chi connectivity index (χ2n) is 6.26. The highest BCUT2D eigenvalue weighted by molar-refractivity contribution is 6.55. The molecule has 1 saturated heterocycles. The lowest BCUT2D eigenvalue weighted by Crippen LogP contribution is -2.41. The van der Waals surface area contributed by atoms with E-state index in [4.69, 9.17) is 14.0 Å². The van der Waals surface area contributed by atoms with E-state index in [-0.39, 0.29) is 17.2 Å². The Labute approximate surface area is 115 Å². The van der Waals surface area contributed by atoms with E-state index in [2.05, 4.69) is 0 Å². The molecule has 2 aliphatic rings. The van der Waals surface area contributed by atoms with E-state index in [9.17, 15) is 4.79 Å². The summed E-state index contributed by atoms with van der Waals surface area (Å²) in [6, 6.07) is 0. The van der Waals surface area contributed by atoms with Crippen molar-refractivity contribution in [3.63, 3.8) is 0 Å². The third kappa shape index (κ3) is 3.03. The van der Waals surface area contributed by atoms with Crippen molar-refractivity contribution in [2.24, 2.45) is 5.92 Å². The minimum Gasteiger partial charge on any atom is -0.463 e. The molecule has 1 aliphatic heterocycles. The first-order chi connectivity index (χ1) is 8.77. The molecule has 0 atom stereocenters. The van der Waals surface area contributed by atoms with E-state index in [0.29, 0.717) is 12.5 Å². The van der Waals surface area contributed by atoms with Crippen molar-refractivity contribution >= 4 is 13.1 Å². The predicted molar refractivity (Wildman–Crippen MR) is 73.5 cm³/mol. The second kappa shape index (κ2) is 4.95. The lowest BCUT2D eigenvalue weighted by molar-refractivity contribution is -0.137. The molecule has 1 saturated carbocycles. The van der Waals surface area contributed by atoms with Gasteiger partial charge >= 0.3 is 13.1 Å².